The number of nitrogens with one attached hydrogen (secondary N) is 1. The van der Waals surface area contributed by atoms with Crippen LogP contribution in [0, 0.1) is 12.7 Å². The van der Waals surface area contributed by atoms with Crippen molar-refractivity contribution < 1.29 is 13.6 Å². The summed E-state index contributed by atoms with van der Waals surface area (Å²) in [6.45, 7) is 2.40. The first kappa shape index (κ1) is 23.8. The maximum Gasteiger partial charge on any atom is 0.252 e. The number of nitrogens with zero attached hydrogens (tertiary/aromatic N) is 3. The lowest BCUT2D eigenvalue weighted by atomic mass is 9.44. The number of carbonyl (C=O) groups excluding carboxylic acids is 1. The zero-order valence-electron chi connectivity index (χ0n) is 18.6. The molecule has 0 aliphatic carbocycles. The van der Waals surface area contributed by atoms with Crippen LogP contribution in [0.3, 0.4) is 0 Å². The summed E-state index contributed by atoms with van der Waals surface area (Å²) in [5.74, 6) is -0.268. The van der Waals surface area contributed by atoms with Crippen molar-refractivity contribution in [3.05, 3.63) is 58.4 Å². The molecule has 2 aromatic rings. The molecule has 1 fully saturated rings. The van der Waals surface area contributed by atoms with Crippen LogP contribution in [0.1, 0.15) is 34.6 Å². The minimum atomic E-state index is -1.52. The van der Waals surface area contributed by atoms with E-state index in [2.05, 4.69) is 15.3 Å². The predicted molar refractivity (Wildman–Crippen MR) is 129 cm³/mol. The van der Waals surface area contributed by atoms with Crippen LogP contribution in [0.2, 0.25) is 5.02 Å². The maximum atomic E-state index is 16.0. The third-order valence-electron chi connectivity index (χ3n) is 5.64. The van der Waals surface area contributed by atoms with Crippen LogP contribution in [-0.4, -0.2) is 75.0 Å². The molecule has 0 atom stereocenters. The highest BCUT2D eigenvalue weighted by Crippen LogP contribution is 2.41. The molecule has 0 radical (unpaired) electrons. The fourth-order valence-electron chi connectivity index (χ4n) is 4.93. The average Bonchev–Trinajstić information content (AvgIpc) is 2.63. The molecular formula is C19H25B4ClF2N4O. The standard InChI is InChI=1S/C19H25B4ClF2N4O/c1-11-5-28-15(29-6-11)7-27-10-17(26)8-18(20,21)30(19(22,23)9-17)16(31)12-2-3-14(25)13(24)4-12/h2-6,27H,7-10,20-23H2,1H3. The molecule has 0 unspecified atom stereocenters. The molecule has 160 valence electrons. The van der Waals surface area contributed by atoms with Crippen molar-refractivity contribution in [2.45, 2.75) is 42.7 Å². The number of halogens is 3. The normalized spacial score (nSPS) is 19.2. The first-order valence-corrected chi connectivity index (χ1v) is 10.7. The molecule has 1 N–H and O–H groups in total. The summed E-state index contributed by atoms with van der Waals surface area (Å²) in [4.78, 5) is 23.5. The number of likely N-dealkylation sites (tertiary alicyclic amines) is 1. The van der Waals surface area contributed by atoms with Crippen LogP contribution in [0.4, 0.5) is 8.78 Å². The van der Waals surface area contributed by atoms with Crippen molar-refractivity contribution in [1.82, 2.24) is 20.2 Å². The number of hydrogen-bond donors (Lipinski definition) is 1. The van der Waals surface area contributed by atoms with Crippen LogP contribution < -0.4 is 5.32 Å². The van der Waals surface area contributed by atoms with E-state index >= 15 is 4.39 Å². The summed E-state index contributed by atoms with van der Waals surface area (Å²) < 4.78 is 29.5. The molecule has 0 spiro atoms. The van der Waals surface area contributed by atoms with Crippen molar-refractivity contribution in [3.63, 3.8) is 0 Å². The smallest absolute Gasteiger partial charge is 0.252 e. The van der Waals surface area contributed by atoms with E-state index in [0.29, 0.717) is 12.4 Å². The zero-order chi connectivity index (χ0) is 23.0. The second-order valence-corrected chi connectivity index (χ2v) is 10.1. The SMILES string of the molecule is BC1(B)CC(F)(CNCc2ncc(C)cn2)CC(B)(B)N1C(=O)c1ccc(F)c(Cl)c1. The van der Waals surface area contributed by atoms with E-state index in [4.69, 9.17) is 11.6 Å². The van der Waals surface area contributed by atoms with Crippen molar-refractivity contribution in [2.75, 3.05) is 6.54 Å². The number of hydrogen-bond acceptors (Lipinski definition) is 4. The van der Waals surface area contributed by atoms with Gasteiger partial charge in [-0.15, -0.1) is 0 Å². The Hall–Kier alpha value is -1.86. The summed E-state index contributed by atoms with van der Waals surface area (Å²) in [6, 6.07) is 3.91. The molecule has 2 heterocycles. The predicted octanol–water partition coefficient (Wildman–Crippen LogP) is -0.848. The van der Waals surface area contributed by atoms with E-state index in [9.17, 15) is 9.18 Å². The van der Waals surface area contributed by atoms with Crippen LogP contribution >= 0.6 is 11.6 Å². The Bertz CT molecular complexity index is 960. The Morgan fingerprint density at radius 1 is 1.19 bits per heavy atom. The highest BCUT2D eigenvalue weighted by Gasteiger charge is 2.53. The molecule has 1 saturated heterocycles. The number of aromatic nitrogens is 2. The number of amides is 1. The Labute approximate surface area is 190 Å². The van der Waals surface area contributed by atoms with E-state index in [1.807, 2.05) is 38.3 Å². The van der Waals surface area contributed by atoms with Crippen molar-refractivity contribution >= 4 is 48.9 Å². The van der Waals surface area contributed by atoms with Gasteiger partial charge in [-0.05, 0) is 54.2 Å². The molecule has 0 bridgehead atoms. The van der Waals surface area contributed by atoms with E-state index < -0.39 is 22.2 Å². The lowest BCUT2D eigenvalue weighted by Crippen LogP contribution is -2.72. The van der Waals surface area contributed by atoms with Gasteiger partial charge < -0.3 is 10.2 Å². The molecule has 1 amide bonds. The van der Waals surface area contributed by atoms with Crippen LogP contribution in [0.25, 0.3) is 0 Å². The summed E-state index contributed by atoms with van der Waals surface area (Å²) in [5.41, 5.74) is -0.267. The maximum absolute atomic E-state index is 16.0. The van der Waals surface area contributed by atoms with Crippen molar-refractivity contribution in [3.8, 4) is 0 Å². The Balaban J connectivity index is 1.75. The molecule has 31 heavy (non-hydrogen) atoms. The van der Waals surface area contributed by atoms with E-state index in [-0.39, 0.29) is 35.9 Å². The van der Waals surface area contributed by atoms with Crippen LogP contribution in [0.15, 0.2) is 30.6 Å². The summed E-state index contributed by atoms with van der Waals surface area (Å²) in [5, 5.41) is 1.49. The molecule has 1 aromatic heterocycles. The lowest BCUT2D eigenvalue weighted by molar-refractivity contribution is 0.00466. The van der Waals surface area contributed by atoms with E-state index in [0.717, 1.165) is 5.56 Å². The second kappa shape index (κ2) is 8.58. The molecule has 1 aliphatic rings. The molecule has 12 heteroatoms. The summed E-state index contributed by atoms with van der Waals surface area (Å²) >= 11 is 5.88. The first-order valence-electron chi connectivity index (χ1n) is 10.3. The van der Waals surface area contributed by atoms with Gasteiger partial charge in [0.05, 0.1) is 11.6 Å². The minimum absolute atomic E-state index is 0.110. The molecule has 1 aliphatic heterocycles. The van der Waals surface area contributed by atoms with Gasteiger partial charge in [0, 0.05) is 24.5 Å². The van der Waals surface area contributed by atoms with Gasteiger partial charge in [-0.1, -0.05) is 11.6 Å². The van der Waals surface area contributed by atoms with Crippen LogP contribution in [0.5, 0.6) is 0 Å². The molecule has 3 rings (SSSR count). The second-order valence-electron chi connectivity index (χ2n) is 9.68. The third kappa shape index (κ3) is 5.32. The Kier molecular flexibility index (Phi) is 6.59. The summed E-state index contributed by atoms with van der Waals surface area (Å²) in [6.07, 6.45) is 3.78. The third-order valence-corrected chi connectivity index (χ3v) is 5.93. The van der Waals surface area contributed by atoms with Gasteiger partial charge >= 0.3 is 0 Å². The van der Waals surface area contributed by atoms with Gasteiger partial charge in [-0.2, -0.15) is 0 Å². The van der Waals surface area contributed by atoms with Gasteiger partial charge in [0.2, 0.25) is 0 Å². The number of carbonyl (C=O) groups is 1. The van der Waals surface area contributed by atoms with Gasteiger partial charge in [0.1, 0.15) is 48.7 Å². The number of aryl methyl sites for hydroxylation is 1. The highest BCUT2D eigenvalue weighted by atomic mass is 35.5. The number of piperidine rings is 1. The Morgan fingerprint density at radius 3 is 2.32 bits per heavy atom. The Morgan fingerprint density at radius 2 is 1.77 bits per heavy atom. The fourth-order valence-corrected chi connectivity index (χ4v) is 5.11. The topological polar surface area (TPSA) is 58.1 Å². The number of alkyl halides is 1. The van der Waals surface area contributed by atoms with E-state index in [1.165, 1.54) is 18.2 Å². The van der Waals surface area contributed by atoms with Crippen molar-refractivity contribution in [1.29, 1.82) is 0 Å². The monoisotopic (exact) mass is 442 g/mol. The fraction of sp³-hybridized carbons (Fsp3) is 0.421. The average molecular weight is 442 g/mol. The van der Waals surface area contributed by atoms with Crippen LogP contribution in [-0.2, 0) is 6.54 Å². The molecule has 5 nitrogen and oxygen atoms in total. The van der Waals surface area contributed by atoms with Gasteiger partial charge in [-0.25, -0.2) is 18.7 Å². The van der Waals surface area contributed by atoms with Gasteiger partial charge in [0.25, 0.3) is 5.91 Å². The number of benzene rings is 1. The van der Waals surface area contributed by atoms with Gasteiger partial charge in [-0.3, -0.25) is 4.79 Å². The number of rotatable bonds is 5. The lowest BCUT2D eigenvalue weighted by Gasteiger charge is -2.58. The molecular weight excluding hydrogens is 417 g/mol. The molecule has 0 saturated carbocycles. The van der Waals surface area contributed by atoms with E-state index in [1.54, 1.807) is 17.3 Å². The quantitative estimate of drug-likeness (QED) is 0.614. The summed E-state index contributed by atoms with van der Waals surface area (Å²) in [7, 11) is 7.42. The zero-order valence-corrected chi connectivity index (χ0v) is 19.4. The largest absolute Gasteiger partial charge is 0.359 e. The first-order chi connectivity index (χ1) is 14.3. The minimum Gasteiger partial charge on any atom is -0.359 e. The van der Waals surface area contributed by atoms with Gasteiger partial charge in [0.15, 0.2) is 0 Å². The van der Waals surface area contributed by atoms with Crippen molar-refractivity contribution in [2.24, 2.45) is 0 Å². The highest BCUT2D eigenvalue weighted by molar-refractivity contribution is 6.46. The molecule has 1 aromatic carbocycles.